The molecular formula is C13H8ClN3OS3. The maximum Gasteiger partial charge on any atom is 0.267 e. The fourth-order valence-corrected chi connectivity index (χ4v) is 3.71. The van der Waals surface area contributed by atoms with Gasteiger partial charge in [0.1, 0.15) is 5.52 Å². The lowest BCUT2D eigenvalue weighted by molar-refractivity contribution is 0.0981. The summed E-state index contributed by atoms with van der Waals surface area (Å²) < 4.78 is 0.956. The maximum absolute atomic E-state index is 11.9. The van der Waals surface area contributed by atoms with Gasteiger partial charge in [-0.3, -0.25) is 10.1 Å². The minimum absolute atomic E-state index is 0.212. The Hall–Kier alpha value is -1.54. The molecule has 8 heteroatoms. The minimum Gasteiger partial charge on any atom is -0.308 e. The van der Waals surface area contributed by atoms with E-state index in [1.165, 1.54) is 22.7 Å². The molecule has 0 fully saturated rings. The molecule has 1 aromatic carbocycles. The third kappa shape index (κ3) is 3.21. The second-order valence-corrected chi connectivity index (χ2v) is 6.78. The summed E-state index contributed by atoms with van der Waals surface area (Å²) in [6.07, 6.45) is 0. The number of hydrogen-bond acceptors (Lipinski definition) is 5. The van der Waals surface area contributed by atoms with Gasteiger partial charge in [0.2, 0.25) is 0 Å². The average Bonchev–Trinajstić information content (AvgIpc) is 3.07. The molecule has 0 unspecified atom stereocenters. The molecule has 0 aliphatic rings. The molecule has 0 saturated heterocycles. The highest BCUT2D eigenvalue weighted by Crippen LogP contribution is 2.30. The molecule has 0 spiro atoms. The highest BCUT2D eigenvalue weighted by Gasteiger charge is 2.11. The molecule has 3 aromatic rings. The molecule has 3 rings (SSSR count). The number of nitrogens with one attached hydrogen (secondary N) is 2. The van der Waals surface area contributed by atoms with Crippen LogP contribution in [0.5, 0.6) is 0 Å². The first kappa shape index (κ1) is 14.4. The van der Waals surface area contributed by atoms with Gasteiger partial charge in [0, 0.05) is 0 Å². The van der Waals surface area contributed by atoms with Gasteiger partial charge in [0.25, 0.3) is 5.91 Å². The Balaban J connectivity index is 1.71. The van der Waals surface area contributed by atoms with Crippen molar-refractivity contribution in [3.63, 3.8) is 0 Å². The number of amides is 1. The number of benzene rings is 1. The predicted octanol–water partition coefficient (Wildman–Crippen LogP) is 4.14. The first-order chi connectivity index (χ1) is 10.1. The number of halogens is 1. The number of para-hydroxylation sites is 1. The zero-order valence-corrected chi connectivity index (χ0v) is 13.6. The van der Waals surface area contributed by atoms with E-state index in [1.54, 1.807) is 12.1 Å². The molecule has 1 amide bonds. The van der Waals surface area contributed by atoms with E-state index >= 15 is 0 Å². The Kier molecular flexibility index (Phi) is 4.16. The van der Waals surface area contributed by atoms with Crippen LogP contribution in [0.2, 0.25) is 5.02 Å². The van der Waals surface area contributed by atoms with Crippen molar-refractivity contribution in [2.45, 2.75) is 0 Å². The van der Waals surface area contributed by atoms with Crippen LogP contribution < -0.4 is 10.6 Å². The lowest BCUT2D eigenvalue weighted by atomic mass is 10.3. The zero-order valence-electron chi connectivity index (χ0n) is 10.4. The summed E-state index contributed by atoms with van der Waals surface area (Å²) >= 11 is 14.0. The number of anilines is 1. The van der Waals surface area contributed by atoms with E-state index in [-0.39, 0.29) is 11.0 Å². The lowest BCUT2D eigenvalue weighted by Gasteiger charge is -2.05. The SMILES string of the molecule is O=C(NC(=S)Nc1nc2c(Cl)cccc2s1)c1cccs1. The number of rotatable bonds is 2. The smallest absolute Gasteiger partial charge is 0.267 e. The van der Waals surface area contributed by atoms with Crippen LogP contribution in [0.4, 0.5) is 5.13 Å². The molecule has 4 nitrogen and oxygen atoms in total. The van der Waals surface area contributed by atoms with Crippen molar-refractivity contribution in [2.75, 3.05) is 5.32 Å². The van der Waals surface area contributed by atoms with E-state index in [1.807, 2.05) is 23.6 Å². The van der Waals surface area contributed by atoms with Gasteiger partial charge >= 0.3 is 0 Å². The van der Waals surface area contributed by atoms with Crippen molar-refractivity contribution < 1.29 is 4.79 Å². The summed E-state index contributed by atoms with van der Waals surface area (Å²) in [5.41, 5.74) is 0.721. The number of thiocarbonyl (C=S) groups is 1. The molecule has 21 heavy (non-hydrogen) atoms. The molecule has 106 valence electrons. The van der Waals surface area contributed by atoms with Crippen LogP contribution in [0, 0.1) is 0 Å². The van der Waals surface area contributed by atoms with E-state index in [0.717, 1.165) is 10.2 Å². The molecule has 0 aliphatic heterocycles. The molecule has 0 aliphatic carbocycles. The fraction of sp³-hybridized carbons (Fsp3) is 0. The summed E-state index contributed by atoms with van der Waals surface area (Å²) in [6.45, 7) is 0. The lowest BCUT2D eigenvalue weighted by Crippen LogP contribution is -2.33. The number of carbonyl (C=O) groups is 1. The summed E-state index contributed by atoms with van der Waals surface area (Å²) in [7, 11) is 0. The first-order valence-electron chi connectivity index (χ1n) is 5.84. The van der Waals surface area contributed by atoms with Crippen LogP contribution in [-0.4, -0.2) is 16.0 Å². The Morgan fingerprint density at radius 2 is 2.14 bits per heavy atom. The van der Waals surface area contributed by atoms with Crippen molar-refractivity contribution in [3.8, 4) is 0 Å². The monoisotopic (exact) mass is 353 g/mol. The molecule has 2 N–H and O–H groups in total. The highest BCUT2D eigenvalue weighted by molar-refractivity contribution is 7.80. The van der Waals surface area contributed by atoms with Crippen molar-refractivity contribution >= 4 is 72.9 Å². The number of hydrogen-bond donors (Lipinski definition) is 2. The van der Waals surface area contributed by atoms with Crippen LogP contribution in [0.1, 0.15) is 9.67 Å². The molecule has 0 saturated carbocycles. The summed E-state index contributed by atoms with van der Waals surface area (Å²) in [5.74, 6) is -0.235. The molecular weight excluding hydrogens is 346 g/mol. The van der Waals surface area contributed by atoms with Crippen molar-refractivity contribution in [1.82, 2.24) is 10.3 Å². The van der Waals surface area contributed by atoms with E-state index < -0.39 is 0 Å². The van der Waals surface area contributed by atoms with Crippen molar-refractivity contribution in [1.29, 1.82) is 0 Å². The van der Waals surface area contributed by atoms with Gasteiger partial charge in [-0.15, -0.1) is 11.3 Å². The number of fused-ring (bicyclic) bond motifs is 1. The van der Waals surface area contributed by atoms with Crippen LogP contribution >= 0.6 is 46.5 Å². The number of aromatic nitrogens is 1. The average molecular weight is 354 g/mol. The highest BCUT2D eigenvalue weighted by atomic mass is 35.5. The Labute approximate surface area is 138 Å². The van der Waals surface area contributed by atoms with Gasteiger partial charge in [-0.2, -0.15) is 0 Å². The molecule has 2 heterocycles. The van der Waals surface area contributed by atoms with E-state index in [9.17, 15) is 4.79 Å². The van der Waals surface area contributed by atoms with Crippen molar-refractivity contribution in [2.24, 2.45) is 0 Å². The van der Waals surface area contributed by atoms with Gasteiger partial charge in [-0.05, 0) is 35.8 Å². The van der Waals surface area contributed by atoms with Gasteiger partial charge in [-0.25, -0.2) is 4.98 Å². The Morgan fingerprint density at radius 1 is 1.29 bits per heavy atom. The minimum atomic E-state index is -0.235. The first-order valence-corrected chi connectivity index (χ1v) is 8.32. The zero-order chi connectivity index (χ0) is 14.8. The van der Waals surface area contributed by atoms with E-state index in [2.05, 4.69) is 15.6 Å². The largest absolute Gasteiger partial charge is 0.308 e. The molecule has 0 atom stereocenters. The third-order valence-corrected chi connectivity index (χ3v) is 4.88. The number of thiophene rings is 1. The number of thiazole rings is 1. The normalized spacial score (nSPS) is 10.5. The maximum atomic E-state index is 11.9. The summed E-state index contributed by atoms with van der Waals surface area (Å²) in [6, 6.07) is 9.12. The van der Waals surface area contributed by atoms with Crippen LogP contribution in [-0.2, 0) is 0 Å². The number of nitrogens with zero attached hydrogens (tertiary/aromatic N) is 1. The third-order valence-electron chi connectivity index (χ3n) is 2.56. The Morgan fingerprint density at radius 3 is 2.86 bits per heavy atom. The van der Waals surface area contributed by atoms with E-state index in [4.69, 9.17) is 23.8 Å². The van der Waals surface area contributed by atoms with Gasteiger partial charge in [0.15, 0.2) is 10.2 Å². The predicted molar refractivity (Wildman–Crippen MR) is 92.6 cm³/mol. The van der Waals surface area contributed by atoms with Gasteiger partial charge in [0.05, 0.1) is 14.6 Å². The summed E-state index contributed by atoms with van der Waals surface area (Å²) in [4.78, 5) is 16.8. The van der Waals surface area contributed by atoms with Crippen molar-refractivity contribution in [3.05, 3.63) is 45.6 Å². The standard InChI is InChI=1S/C13H8ClN3OS3/c14-7-3-1-4-8-10(7)15-13(21-8)17-12(19)16-11(18)9-5-2-6-20-9/h1-6H,(H2,15,16,17,18,19). The summed E-state index contributed by atoms with van der Waals surface area (Å²) in [5, 5.41) is 8.75. The second-order valence-electron chi connectivity index (χ2n) is 3.99. The van der Waals surface area contributed by atoms with Crippen LogP contribution in [0.15, 0.2) is 35.7 Å². The number of carbonyl (C=O) groups excluding carboxylic acids is 1. The Bertz CT molecular complexity index is 813. The molecule has 0 bridgehead atoms. The van der Waals surface area contributed by atoms with Gasteiger partial charge < -0.3 is 5.32 Å². The van der Waals surface area contributed by atoms with E-state index in [0.29, 0.717) is 15.0 Å². The van der Waals surface area contributed by atoms with Crippen LogP contribution in [0.25, 0.3) is 10.2 Å². The van der Waals surface area contributed by atoms with Gasteiger partial charge in [-0.1, -0.05) is 35.1 Å². The fourth-order valence-electron chi connectivity index (χ4n) is 1.67. The second kappa shape index (κ2) is 6.07. The van der Waals surface area contributed by atoms with Crippen LogP contribution in [0.3, 0.4) is 0 Å². The molecule has 2 aromatic heterocycles. The topological polar surface area (TPSA) is 54.0 Å². The molecule has 0 radical (unpaired) electrons. The quantitative estimate of drug-likeness (QED) is 0.680.